The number of aliphatic carboxylic acids is 1. The first-order chi connectivity index (χ1) is 7.52. The molecule has 0 aromatic heterocycles. The van der Waals surface area contributed by atoms with Gasteiger partial charge in [0.2, 0.25) is 0 Å². The predicted molar refractivity (Wildman–Crippen MR) is 60.3 cm³/mol. The number of amides is 1. The van der Waals surface area contributed by atoms with E-state index in [1.807, 2.05) is 6.07 Å². The molecule has 1 N–H and O–H groups in total. The number of carbonyl (C=O) groups excluding carboxylic acids is 1. The maximum absolute atomic E-state index is 12.0. The molecular weight excluding hydrogens is 206 g/mol. The highest BCUT2D eigenvalue weighted by atomic mass is 16.4. The summed E-state index contributed by atoms with van der Waals surface area (Å²) in [5.41, 5.74) is 0.512. The topological polar surface area (TPSA) is 57.6 Å². The minimum atomic E-state index is -1.00. The number of carbonyl (C=O) groups is 2. The molecule has 0 radical (unpaired) electrons. The van der Waals surface area contributed by atoms with Gasteiger partial charge in [0, 0.05) is 11.6 Å². The van der Waals surface area contributed by atoms with Crippen molar-refractivity contribution in [1.29, 1.82) is 0 Å². The van der Waals surface area contributed by atoms with Crippen molar-refractivity contribution < 1.29 is 14.7 Å². The van der Waals surface area contributed by atoms with Crippen molar-refractivity contribution in [3.05, 3.63) is 35.9 Å². The highest BCUT2D eigenvalue weighted by Crippen LogP contribution is 2.07. The lowest BCUT2D eigenvalue weighted by Gasteiger charge is -2.24. The van der Waals surface area contributed by atoms with Gasteiger partial charge in [0.05, 0.1) is 0 Å². The summed E-state index contributed by atoms with van der Waals surface area (Å²) >= 11 is 0. The van der Waals surface area contributed by atoms with Gasteiger partial charge in [0.15, 0.2) is 0 Å². The Balaban J connectivity index is 2.88. The minimum absolute atomic E-state index is 0.135. The first-order valence-corrected chi connectivity index (χ1v) is 5.10. The van der Waals surface area contributed by atoms with E-state index in [1.54, 1.807) is 38.1 Å². The van der Waals surface area contributed by atoms with Gasteiger partial charge in [-0.1, -0.05) is 18.2 Å². The summed E-state index contributed by atoms with van der Waals surface area (Å²) in [4.78, 5) is 24.0. The van der Waals surface area contributed by atoms with Crippen LogP contribution in [0.3, 0.4) is 0 Å². The Morgan fingerprint density at radius 2 is 1.81 bits per heavy atom. The monoisotopic (exact) mass is 221 g/mol. The van der Waals surface area contributed by atoms with Crippen molar-refractivity contribution >= 4 is 11.9 Å². The maximum atomic E-state index is 12.0. The van der Waals surface area contributed by atoms with Crippen LogP contribution in [-0.2, 0) is 4.79 Å². The van der Waals surface area contributed by atoms with E-state index >= 15 is 0 Å². The lowest BCUT2D eigenvalue weighted by atomic mass is 10.1. The Labute approximate surface area is 94.5 Å². The fourth-order valence-electron chi connectivity index (χ4n) is 1.38. The molecule has 1 amide bonds. The zero-order chi connectivity index (χ0) is 12.1. The van der Waals surface area contributed by atoms with Crippen LogP contribution in [0.2, 0.25) is 0 Å². The maximum Gasteiger partial charge on any atom is 0.323 e. The highest BCUT2D eigenvalue weighted by molar-refractivity contribution is 5.95. The lowest BCUT2D eigenvalue weighted by molar-refractivity contribution is -0.138. The van der Waals surface area contributed by atoms with Crippen molar-refractivity contribution in [3.8, 4) is 0 Å². The molecule has 0 aliphatic carbocycles. The Morgan fingerprint density at radius 3 is 2.25 bits per heavy atom. The summed E-state index contributed by atoms with van der Waals surface area (Å²) in [6, 6.07) is 8.55. The average molecular weight is 221 g/mol. The van der Waals surface area contributed by atoms with Gasteiger partial charge in [-0.3, -0.25) is 9.59 Å². The molecule has 0 unspecified atom stereocenters. The minimum Gasteiger partial charge on any atom is -0.480 e. The molecule has 86 valence electrons. The van der Waals surface area contributed by atoms with E-state index in [9.17, 15) is 9.59 Å². The van der Waals surface area contributed by atoms with Gasteiger partial charge in [0.1, 0.15) is 6.54 Å². The van der Waals surface area contributed by atoms with Crippen molar-refractivity contribution in [1.82, 2.24) is 4.90 Å². The Bertz CT molecular complexity index is 373. The van der Waals surface area contributed by atoms with Crippen LogP contribution in [0.1, 0.15) is 24.2 Å². The summed E-state index contributed by atoms with van der Waals surface area (Å²) in [7, 11) is 0. The molecule has 1 aromatic carbocycles. The zero-order valence-electron chi connectivity index (χ0n) is 9.38. The van der Waals surface area contributed by atoms with E-state index in [-0.39, 0.29) is 18.5 Å². The van der Waals surface area contributed by atoms with E-state index < -0.39 is 5.97 Å². The van der Waals surface area contributed by atoms with Crippen molar-refractivity contribution in [2.75, 3.05) is 6.54 Å². The summed E-state index contributed by atoms with van der Waals surface area (Å²) < 4.78 is 0. The zero-order valence-corrected chi connectivity index (χ0v) is 9.38. The summed E-state index contributed by atoms with van der Waals surface area (Å²) in [5.74, 6) is -1.25. The van der Waals surface area contributed by atoms with Crippen LogP contribution < -0.4 is 0 Å². The van der Waals surface area contributed by atoms with E-state index in [4.69, 9.17) is 5.11 Å². The highest BCUT2D eigenvalue weighted by Gasteiger charge is 2.20. The molecule has 0 aliphatic rings. The first kappa shape index (κ1) is 12.2. The summed E-state index contributed by atoms with van der Waals surface area (Å²) in [6.07, 6.45) is 0. The Morgan fingerprint density at radius 1 is 1.25 bits per heavy atom. The Hall–Kier alpha value is -1.84. The molecule has 1 rings (SSSR count). The van der Waals surface area contributed by atoms with Gasteiger partial charge < -0.3 is 10.0 Å². The van der Waals surface area contributed by atoms with Gasteiger partial charge >= 0.3 is 5.97 Å². The molecule has 0 heterocycles. The van der Waals surface area contributed by atoms with Crippen LogP contribution in [-0.4, -0.2) is 34.5 Å². The number of carboxylic acids is 1. The van der Waals surface area contributed by atoms with Gasteiger partial charge in [-0.05, 0) is 26.0 Å². The van der Waals surface area contributed by atoms with Crippen LogP contribution in [0.5, 0.6) is 0 Å². The molecule has 4 nitrogen and oxygen atoms in total. The van der Waals surface area contributed by atoms with Gasteiger partial charge in [-0.2, -0.15) is 0 Å². The molecule has 4 heteroatoms. The van der Waals surface area contributed by atoms with E-state index in [0.717, 1.165) is 0 Å². The summed E-state index contributed by atoms with van der Waals surface area (Å²) in [6.45, 7) is 3.32. The number of nitrogens with zero attached hydrogens (tertiary/aromatic N) is 1. The lowest BCUT2D eigenvalue weighted by Crippen LogP contribution is -2.40. The normalized spacial score (nSPS) is 10.2. The number of carboxylic acid groups (broad SMARTS) is 1. The molecule has 0 bridgehead atoms. The fraction of sp³-hybridized carbons (Fsp3) is 0.333. The molecule has 1 aromatic rings. The number of hydrogen-bond acceptors (Lipinski definition) is 2. The van der Waals surface area contributed by atoms with E-state index in [2.05, 4.69) is 0 Å². The second-order valence-electron chi connectivity index (χ2n) is 3.79. The SMILES string of the molecule is CC(C)N(CC(=O)O)C(=O)c1ccccc1. The number of hydrogen-bond donors (Lipinski definition) is 1. The van der Waals surface area contributed by atoms with Crippen molar-refractivity contribution in [2.24, 2.45) is 0 Å². The van der Waals surface area contributed by atoms with Crippen molar-refractivity contribution in [2.45, 2.75) is 19.9 Å². The van der Waals surface area contributed by atoms with Crippen LogP contribution in [0.15, 0.2) is 30.3 Å². The van der Waals surface area contributed by atoms with E-state index in [0.29, 0.717) is 5.56 Å². The van der Waals surface area contributed by atoms with Crippen LogP contribution >= 0.6 is 0 Å². The molecule has 16 heavy (non-hydrogen) atoms. The van der Waals surface area contributed by atoms with Gasteiger partial charge in [0.25, 0.3) is 5.91 Å². The second kappa shape index (κ2) is 5.30. The summed E-state index contributed by atoms with van der Waals surface area (Å²) in [5, 5.41) is 8.73. The number of benzene rings is 1. The molecule has 0 atom stereocenters. The Kier molecular flexibility index (Phi) is 4.05. The third kappa shape index (κ3) is 3.08. The molecule has 0 fully saturated rings. The standard InChI is InChI=1S/C12H15NO3/c1-9(2)13(8-11(14)15)12(16)10-6-4-3-5-7-10/h3-7,9H,8H2,1-2H3,(H,14,15). The van der Waals surface area contributed by atoms with Crippen LogP contribution in [0, 0.1) is 0 Å². The second-order valence-corrected chi connectivity index (χ2v) is 3.79. The van der Waals surface area contributed by atoms with Crippen LogP contribution in [0.25, 0.3) is 0 Å². The number of rotatable bonds is 4. The van der Waals surface area contributed by atoms with Gasteiger partial charge in [-0.25, -0.2) is 0 Å². The molecule has 0 spiro atoms. The van der Waals surface area contributed by atoms with E-state index in [1.165, 1.54) is 4.90 Å². The van der Waals surface area contributed by atoms with Crippen LogP contribution in [0.4, 0.5) is 0 Å². The molecule has 0 saturated heterocycles. The predicted octanol–water partition coefficient (Wildman–Crippen LogP) is 1.62. The molecular formula is C12H15NO3. The fourth-order valence-corrected chi connectivity index (χ4v) is 1.38. The largest absolute Gasteiger partial charge is 0.480 e. The quantitative estimate of drug-likeness (QED) is 0.840. The third-order valence-electron chi connectivity index (χ3n) is 2.21. The smallest absolute Gasteiger partial charge is 0.323 e. The van der Waals surface area contributed by atoms with Gasteiger partial charge in [-0.15, -0.1) is 0 Å². The molecule has 0 saturated carbocycles. The third-order valence-corrected chi connectivity index (χ3v) is 2.21. The van der Waals surface area contributed by atoms with Crippen molar-refractivity contribution in [3.63, 3.8) is 0 Å². The molecule has 0 aliphatic heterocycles. The average Bonchev–Trinajstić information content (AvgIpc) is 2.25. The first-order valence-electron chi connectivity index (χ1n) is 5.10.